The molecule has 6 heteroatoms. The van der Waals surface area contributed by atoms with Crippen LogP contribution in [0.4, 0.5) is 0 Å². The number of benzene rings is 1. The van der Waals surface area contributed by atoms with E-state index in [0.717, 1.165) is 0 Å². The first-order valence-electron chi connectivity index (χ1n) is 6.40. The quantitative estimate of drug-likeness (QED) is 0.846. The van der Waals surface area contributed by atoms with E-state index < -0.39 is 24.0 Å². The van der Waals surface area contributed by atoms with Crippen molar-refractivity contribution in [2.75, 3.05) is 13.7 Å². The summed E-state index contributed by atoms with van der Waals surface area (Å²) in [5, 5.41) is 18.6. The molecule has 1 aliphatic rings. The first kappa shape index (κ1) is 14.3. The van der Waals surface area contributed by atoms with E-state index in [-0.39, 0.29) is 0 Å². The normalized spacial score (nSPS) is 20.6. The Bertz CT molecular complexity index is 499. The maximum atomic E-state index is 11.5. The second-order valence-corrected chi connectivity index (χ2v) is 4.75. The van der Waals surface area contributed by atoms with Crippen molar-refractivity contribution >= 4 is 11.9 Å². The Morgan fingerprint density at radius 1 is 1.30 bits per heavy atom. The van der Waals surface area contributed by atoms with Crippen LogP contribution in [0.5, 0.6) is 5.75 Å². The molecule has 2 atom stereocenters. The van der Waals surface area contributed by atoms with Crippen molar-refractivity contribution in [3.63, 3.8) is 0 Å². The van der Waals surface area contributed by atoms with Crippen molar-refractivity contribution in [1.29, 1.82) is 0 Å². The SMILES string of the molecule is COc1ccc(C(C(=O)O)N2CCCC2C(=O)O)cc1. The van der Waals surface area contributed by atoms with Crippen molar-refractivity contribution in [3.8, 4) is 5.75 Å². The average Bonchev–Trinajstić information content (AvgIpc) is 2.88. The van der Waals surface area contributed by atoms with Crippen molar-refractivity contribution in [1.82, 2.24) is 4.90 Å². The minimum absolute atomic E-state index is 0.472. The molecule has 6 nitrogen and oxygen atoms in total. The third-order valence-electron chi connectivity index (χ3n) is 3.58. The number of carboxylic acid groups (broad SMARTS) is 2. The number of methoxy groups -OCH3 is 1. The Labute approximate surface area is 116 Å². The Kier molecular flexibility index (Phi) is 4.24. The van der Waals surface area contributed by atoms with Gasteiger partial charge in [-0.05, 0) is 30.5 Å². The third-order valence-corrected chi connectivity index (χ3v) is 3.58. The lowest BCUT2D eigenvalue weighted by molar-refractivity contribution is -0.149. The molecule has 1 aromatic carbocycles. The molecule has 1 heterocycles. The van der Waals surface area contributed by atoms with Gasteiger partial charge < -0.3 is 14.9 Å². The van der Waals surface area contributed by atoms with Crippen LogP contribution in [0.25, 0.3) is 0 Å². The number of likely N-dealkylation sites (tertiary alicyclic amines) is 1. The van der Waals surface area contributed by atoms with Gasteiger partial charge in [0.1, 0.15) is 17.8 Å². The fourth-order valence-electron chi connectivity index (χ4n) is 2.63. The molecule has 1 aliphatic heterocycles. The topological polar surface area (TPSA) is 87.1 Å². The number of hydrogen-bond acceptors (Lipinski definition) is 4. The number of aliphatic carboxylic acids is 2. The van der Waals surface area contributed by atoms with Gasteiger partial charge in [0.05, 0.1) is 7.11 Å². The lowest BCUT2D eigenvalue weighted by atomic mass is 10.0. The van der Waals surface area contributed by atoms with E-state index in [4.69, 9.17) is 4.74 Å². The van der Waals surface area contributed by atoms with E-state index >= 15 is 0 Å². The number of nitrogens with zero attached hydrogens (tertiary/aromatic N) is 1. The Morgan fingerprint density at radius 3 is 2.45 bits per heavy atom. The molecule has 0 amide bonds. The number of ether oxygens (including phenoxy) is 1. The average molecular weight is 279 g/mol. The van der Waals surface area contributed by atoms with Crippen molar-refractivity contribution in [2.24, 2.45) is 0 Å². The highest BCUT2D eigenvalue weighted by atomic mass is 16.5. The molecule has 0 aliphatic carbocycles. The van der Waals surface area contributed by atoms with Gasteiger partial charge in [0.15, 0.2) is 0 Å². The highest BCUT2D eigenvalue weighted by Crippen LogP contribution is 2.30. The molecule has 1 saturated heterocycles. The molecule has 1 fully saturated rings. The summed E-state index contributed by atoms with van der Waals surface area (Å²) in [6.45, 7) is 0.472. The molecule has 2 N–H and O–H groups in total. The summed E-state index contributed by atoms with van der Waals surface area (Å²) in [4.78, 5) is 24.3. The largest absolute Gasteiger partial charge is 0.497 e. The van der Waals surface area contributed by atoms with Crippen molar-refractivity contribution < 1.29 is 24.5 Å². The summed E-state index contributed by atoms with van der Waals surface area (Å²) < 4.78 is 5.04. The zero-order chi connectivity index (χ0) is 14.7. The van der Waals surface area contributed by atoms with E-state index in [1.807, 2.05) is 0 Å². The van der Waals surface area contributed by atoms with E-state index in [2.05, 4.69) is 0 Å². The predicted molar refractivity (Wildman–Crippen MR) is 70.7 cm³/mol. The molecule has 0 radical (unpaired) electrons. The number of rotatable bonds is 5. The van der Waals surface area contributed by atoms with Gasteiger partial charge >= 0.3 is 11.9 Å². The molecule has 0 spiro atoms. The van der Waals surface area contributed by atoms with Crippen LogP contribution in [-0.2, 0) is 9.59 Å². The molecular formula is C14H17NO5. The van der Waals surface area contributed by atoms with Gasteiger partial charge in [0.25, 0.3) is 0 Å². The molecule has 2 rings (SSSR count). The lowest BCUT2D eigenvalue weighted by Gasteiger charge is -2.28. The Morgan fingerprint density at radius 2 is 1.95 bits per heavy atom. The summed E-state index contributed by atoms with van der Waals surface area (Å²) in [5.41, 5.74) is 0.562. The van der Waals surface area contributed by atoms with Gasteiger partial charge in [-0.3, -0.25) is 14.5 Å². The smallest absolute Gasteiger partial charge is 0.325 e. The molecule has 0 bridgehead atoms. The third kappa shape index (κ3) is 2.75. The zero-order valence-electron chi connectivity index (χ0n) is 11.2. The van der Waals surface area contributed by atoms with Gasteiger partial charge in [-0.1, -0.05) is 12.1 Å². The number of carboxylic acids is 2. The standard InChI is InChI=1S/C14H17NO5/c1-20-10-6-4-9(5-7-10)12(14(18)19)15-8-2-3-11(15)13(16)17/h4-7,11-12H,2-3,8H2,1H3,(H,16,17)(H,18,19). The summed E-state index contributed by atoms with van der Waals surface area (Å²) in [5.74, 6) is -1.38. The Balaban J connectivity index is 2.30. The summed E-state index contributed by atoms with van der Waals surface area (Å²) in [6, 6.07) is 5.00. The van der Waals surface area contributed by atoms with Crippen LogP contribution in [-0.4, -0.2) is 46.7 Å². The van der Waals surface area contributed by atoms with Crippen LogP contribution < -0.4 is 4.74 Å². The second-order valence-electron chi connectivity index (χ2n) is 4.75. The van der Waals surface area contributed by atoms with Crippen LogP contribution in [0.1, 0.15) is 24.4 Å². The van der Waals surface area contributed by atoms with E-state index in [1.165, 1.54) is 12.0 Å². The molecule has 108 valence electrons. The highest BCUT2D eigenvalue weighted by molar-refractivity contribution is 5.79. The van der Waals surface area contributed by atoms with Gasteiger partial charge in [-0.15, -0.1) is 0 Å². The van der Waals surface area contributed by atoms with Crippen LogP contribution in [0.3, 0.4) is 0 Å². The Hall–Kier alpha value is -2.08. The summed E-state index contributed by atoms with van der Waals surface area (Å²) >= 11 is 0. The monoisotopic (exact) mass is 279 g/mol. The summed E-state index contributed by atoms with van der Waals surface area (Å²) in [7, 11) is 1.53. The minimum Gasteiger partial charge on any atom is -0.497 e. The molecular weight excluding hydrogens is 262 g/mol. The molecule has 0 saturated carbocycles. The van der Waals surface area contributed by atoms with E-state index in [0.29, 0.717) is 30.7 Å². The van der Waals surface area contributed by atoms with Crippen molar-refractivity contribution in [3.05, 3.63) is 29.8 Å². The summed E-state index contributed by atoms with van der Waals surface area (Å²) in [6.07, 6.45) is 1.17. The zero-order valence-corrected chi connectivity index (χ0v) is 11.2. The van der Waals surface area contributed by atoms with Crippen molar-refractivity contribution in [2.45, 2.75) is 24.9 Å². The fraction of sp³-hybridized carbons (Fsp3) is 0.429. The maximum Gasteiger partial charge on any atom is 0.325 e. The second kappa shape index (κ2) is 5.92. The van der Waals surface area contributed by atoms with Gasteiger partial charge in [0.2, 0.25) is 0 Å². The van der Waals surface area contributed by atoms with Crippen LogP contribution >= 0.6 is 0 Å². The first-order chi connectivity index (χ1) is 9.54. The van der Waals surface area contributed by atoms with Gasteiger partial charge in [-0.25, -0.2) is 0 Å². The van der Waals surface area contributed by atoms with Crippen LogP contribution in [0.2, 0.25) is 0 Å². The van der Waals surface area contributed by atoms with Gasteiger partial charge in [0, 0.05) is 6.54 Å². The molecule has 1 aromatic rings. The van der Waals surface area contributed by atoms with E-state index in [9.17, 15) is 19.8 Å². The minimum atomic E-state index is -1.04. The van der Waals surface area contributed by atoms with E-state index in [1.54, 1.807) is 24.3 Å². The van der Waals surface area contributed by atoms with Crippen LogP contribution in [0, 0.1) is 0 Å². The van der Waals surface area contributed by atoms with Gasteiger partial charge in [-0.2, -0.15) is 0 Å². The maximum absolute atomic E-state index is 11.5. The first-order valence-corrected chi connectivity index (χ1v) is 6.40. The molecule has 2 unspecified atom stereocenters. The highest BCUT2D eigenvalue weighted by Gasteiger charge is 2.39. The van der Waals surface area contributed by atoms with Crippen LogP contribution in [0.15, 0.2) is 24.3 Å². The lowest BCUT2D eigenvalue weighted by Crippen LogP contribution is -2.41. The molecule has 0 aromatic heterocycles. The number of carbonyl (C=O) groups is 2. The fourth-order valence-corrected chi connectivity index (χ4v) is 2.63. The predicted octanol–water partition coefficient (Wildman–Crippen LogP) is 1.37. The molecule has 20 heavy (non-hydrogen) atoms. The number of hydrogen-bond donors (Lipinski definition) is 2.